The van der Waals surface area contributed by atoms with Gasteiger partial charge in [0.1, 0.15) is 0 Å². The van der Waals surface area contributed by atoms with E-state index in [1.165, 1.54) is 6.07 Å². The average Bonchev–Trinajstić information content (AvgIpc) is 2.79. The summed E-state index contributed by atoms with van der Waals surface area (Å²) < 4.78 is 27.8. The molecular formula is C14H17F2N3. The molecule has 0 saturated heterocycles. The molecular weight excluding hydrogens is 248 g/mol. The minimum atomic E-state index is -0.828. The van der Waals surface area contributed by atoms with Crippen LogP contribution in [0.15, 0.2) is 30.5 Å². The quantitative estimate of drug-likeness (QED) is 0.900. The summed E-state index contributed by atoms with van der Waals surface area (Å²) >= 11 is 0. The van der Waals surface area contributed by atoms with Gasteiger partial charge in [0.15, 0.2) is 11.6 Å². The summed E-state index contributed by atoms with van der Waals surface area (Å²) in [6, 6.07) is 6.21. The van der Waals surface area contributed by atoms with Crippen molar-refractivity contribution in [3.05, 3.63) is 53.4 Å². The van der Waals surface area contributed by atoms with Gasteiger partial charge in [-0.05, 0) is 23.8 Å². The summed E-state index contributed by atoms with van der Waals surface area (Å²) in [6.07, 6.45) is 1.71. The Balaban J connectivity index is 2.10. The fourth-order valence-corrected chi connectivity index (χ4v) is 1.77. The van der Waals surface area contributed by atoms with Crippen LogP contribution < -0.4 is 5.32 Å². The highest BCUT2D eigenvalue weighted by Crippen LogP contribution is 2.11. The summed E-state index contributed by atoms with van der Waals surface area (Å²) in [4.78, 5) is 0. The van der Waals surface area contributed by atoms with Crippen LogP contribution in [0, 0.1) is 11.6 Å². The molecule has 0 radical (unpaired) electrons. The van der Waals surface area contributed by atoms with Crippen LogP contribution in [-0.4, -0.2) is 15.8 Å². The number of halogens is 2. The Morgan fingerprint density at radius 3 is 2.68 bits per heavy atom. The third-order valence-corrected chi connectivity index (χ3v) is 2.81. The van der Waals surface area contributed by atoms with Gasteiger partial charge in [-0.3, -0.25) is 4.68 Å². The summed E-state index contributed by atoms with van der Waals surface area (Å²) in [7, 11) is 0. The molecule has 1 aromatic heterocycles. The second kappa shape index (κ2) is 5.93. The summed E-state index contributed by atoms with van der Waals surface area (Å²) in [5.41, 5.74) is 1.70. The molecule has 19 heavy (non-hydrogen) atoms. The van der Waals surface area contributed by atoms with E-state index in [1.807, 2.05) is 6.07 Å². The van der Waals surface area contributed by atoms with Gasteiger partial charge < -0.3 is 5.32 Å². The monoisotopic (exact) mass is 265 g/mol. The maximum atomic E-state index is 13.1. The average molecular weight is 265 g/mol. The summed E-state index contributed by atoms with van der Waals surface area (Å²) in [6.45, 7) is 5.26. The van der Waals surface area contributed by atoms with Gasteiger partial charge in [0.2, 0.25) is 0 Å². The predicted octanol–water partition coefficient (Wildman–Crippen LogP) is 2.71. The summed E-state index contributed by atoms with van der Waals surface area (Å²) in [5.74, 6) is -1.66. The van der Waals surface area contributed by atoms with Crippen molar-refractivity contribution in [3.63, 3.8) is 0 Å². The third-order valence-electron chi connectivity index (χ3n) is 2.81. The molecule has 1 N–H and O–H groups in total. The number of hydrogen-bond donors (Lipinski definition) is 1. The molecule has 0 aliphatic rings. The molecule has 0 amide bonds. The third kappa shape index (κ3) is 3.61. The maximum Gasteiger partial charge on any atom is 0.159 e. The van der Waals surface area contributed by atoms with E-state index < -0.39 is 11.6 Å². The Labute approximate surface area is 111 Å². The number of rotatable bonds is 5. The van der Waals surface area contributed by atoms with Crippen LogP contribution >= 0.6 is 0 Å². The molecule has 3 nitrogen and oxygen atoms in total. The number of nitrogens with one attached hydrogen (secondary N) is 1. The fourth-order valence-electron chi connectivity index (χ4n) is 1.77. The molecule has 5 heteroatoms. The van der Waals surface area contributed by atoms with Crippen LogP contribution in [0.2, 0.25) is 0 Å². The van der Waals surface area contributed by atoms with Crippen LogP contribution in [-0.2, 0) is 13.1 Å². The van der Waals surface area contributed by atoms with Crippen molar-refractivity contribution in [2.45, 2.75) is 33.0 Å². The van der Waals surface area contributed by atoms with Gasteiger partial charge in [-0.2, -0.15) is 5.10 Å². The van der Waals surface area contributed by atoms with E-state index >= 15 is 0 Å². The molecule has 2 rings (SSSR count). The van der Waals surface area contributed by atoms with E-state index in [0.29, 0.717) is 24.7 Å². The van der Waals surface area contributed by atoms with Crippen molar-refractivity contribution in [1.29, 1.82) is 0 Å². The molecule has 0 saturated carbocycles. The zero-order valence-electron chi connectivity index (χ0n) is 11.0. The molecule has 0 aliphatic heterocycles. The van der Waals surface area contributed by atoms with Crippen molar-refractivity contribution in [2.75, 3.05) is 0 Å². The lowest BCUT2D eigenvalue weighted by molar-refractivity contribution is 0.504. The van der Waals surface area contributed by atoms with Gasteiger partial charge in [0.25, 0.3) is 0 Å². The van der Waals surface area contributed by atoms with E-state index in [9.17, 15) is 8.78 Å². The van der Waals surface area contributed by atoms with E-state index in [0.717, 1.165) is 11.8 Å². The maximum absolute atomic E-state index is 13.1. The second-order valence-electron chi connectivity index (χ2n) is 4.76. The lowest BCUT2D eigenvalue weighted by Crippen LogP contribution is -2.23. The molecule has 2 aromatic rings. The number of hydrogen-bond acceptors (Lipinski definition) is 2. The van der Waals surface area contributed by atoms with Crippen molar-refractivity contribution in [2.24, 2.45) is 0 Å². The first-order valence-corrected chi connectivity index (χ1v) is 6.24. The van der Waals surface area contributed by atoms with Gasteiger partial charge in [-0.1, -0.05) is 19.9 Å². The van der Waals surface area contributed by atoms with Crippen LogP contribution in [0.4, 0.5) is 8.78 Å². The molecule has 0 unspecified atom stereocenters. The van der Waals surface area contributed by atoms with Gasteiger partial charge in [0.05, 0.1) is 12.2 Å². The molecule has 0 spiro atoms. The molecule has 0 atom stereocenters. The Morgan fingerprint density at radius 2 is 2.00 bits per heavy atom. The van der Waals surface area contributed by atoms with Crippen molar-refractivity contribution < 1.29 is 8.78 Å². The van der Waals surface area contributed by atoms with Crippen molar-refractivity contribution >= 4 is 0 Å². The first-order valence-electron chi connectivity index (χ1n) is 6.24. The lowest BCUT2D eigenvalue weighted by atomic mass is 10.2. The van der Waals surface area contributed by atoms with Crippen LogP contribution in [0.5, 0.6) is 0 Å². The predicted molar refractivity (Wildman–Crippen MR) is 69.7 cm³/mol. The van der Waals surface area contributed by atoms with Crippen molar-refractivity contribution in [3.8, 4) is 0 Å². The number of nitrogens with zero attached hydrogens (tertiary/aromatic N) is 2. The van der Waals surface area contributed by atoms with E-state index in [4.69, 9.17) is 0 Å². The van der Waals surface area contributed by atoms with Crippen LogP contribution in [0.25, 0.3) is 0 Å². The topological polar surface area (TPSA) is 29.9 Å². The first kappa shape index (κ1) is 13.7. The fraction of sp³-hybridized carbons (Fsp3) is 0.357. The van der Waals surface area contributed by atoms with Gasteiger partial charge in [-0.15, -0.1) is 0 Å². The SMILES string of the molecule is CC(C)NCc1ccnn1Cc1ccc(F)c(F)c1. The standard InChI is InChI=1S/C14H17F2N3/c1-10(2)17-8-12-5-6-18-19(12)9-11-3-4-13(15)14(16)7-11/h3-7,10,17H,8-9H2,1-2H3. The van der Waals surface area contributed by atoms with Gasteiger partial charge in [0, 0.05) is 18.8 Å². The highest BCUT2D eigenvalue weighted by Gasteiger charge is 2.07. The normalized spacial score (nSPS) is 11.2. The highest BCUT2D eigenvalue weighted by atomic mass is 19.2. The first-order chi connectivity index (χ1) is 9.06. The Morgan fingerprint density at radius 1 is 1.21 bits per heavy atom. The van der Waals surface area contributed by atoms with E-state index in [-0.39, 0.29) is 0 Å². The largest absolute Gasteiger partial charge is 0.309 e. The second-order valence-corrected chi connectivity index (χ2v) is 4.76. The lowest BCUT2D eigenvalue weighted by Gasteiger charge is -2.11. The zero-order valence-corrected chi connectivity index (χ0v) is 11.0. The molecule has 0 fully saturated rings. The molecule has 0 bridgehead atoms. The minimum absolute atomic E-state index is 0.381. The Kier molecular flexibility index (Phi) is 4.27. The molecule has 0 aliphatic carbocycles. The number of aromatic nitrogens is 2. The Hall–Kier alpha value is -1.75. The van der Waals surface area contributed by atoms with Crippen LogP contribution in [0.3, 0.4) is 0 Å². The molecule has 1 aromatic carbocycles. The summed E-state index contributed by atoms with van der Waals surface area (Å²) in [5, 5.41) is 7.50. The Bertz CT molecular complexity index is 549. The highest BCUT2D eigenvalue weighted by molar-refractivity contribution is 5.18. The van der Waals surface area contributed by atoms with Gasteiger partial charge in [-0.25, -0.2) is 8.78 Å². The van der Waals surface area contributed by atoms with E-state index in [1.54, 1.807) is 16.9 Å². The van der Waals surface area contributed by atoms with Gasteiger partial charge >= 0.3 is 0 Å². The van der Waals surface area contributed by atoms with Crippen molar-refractivity contribution in [1.82, 2.24) is 15.1 Å². The zero-order chi connectivity index (χ0) is 13.8. The molecule has 102 valence electrons. The minimum Gasteiger partial charge on any atom is -0.309 e. The van der Waals surface area contributed by atoms with Crippen LogP contribution in [0.1, 0.15) is 25.1 Å². The smallest absolute Gasteiger partial charge is 0.159 e. The molecule has 1 heterocycles. The van der Waals surface area contributed by atoms with E-state index in [2.05, 4.69) is 24.3 Å². The number of benzene rings is 1.